The molecule has 9 rings (SSSR count). The zero-order valence-corrected chi connectivity index (χ0v) is 23.9. The van der Waals surface area contributed by atoms with Crippen LogP contribution >= 0.6 is 0 Å². The van der Waals surface area contributed by atoms with Gasteiger partial charge in [-0.3, -0.25) is 9.97 Å². The largest absolute Gasteiger partial charge is 0.256 e. The first-order valence-electron chi connectivity index (χ1n) is 15.0. The van der Waals surface area contributed by atoms with Crippen molar-refractivity contribution in [3.8, 4) is 33.4 Å². The first-order chi connectivity index (χ1) is 21.8. The Hall–Kier alpha value is -5.86. The first-order valence-corrected chi connectivity index (χ1v) is 15.0. The van der Waals surface area contributed by atoms with Crippen molar-refractivity contribution in [1.82, 2.24) is 9.97 Å². The summed E-state index contributed by atoms with van der Waals surface area (Å²) in [5, 5.41) is 9.98. The third-order valence-electron chi connectivity index (χ3n) is 8.88. The molecule has 0 aliphatic heterocycles. The summed E-state index contributed by atoms with van der Waals surface area (Å²) in [5.41, 5.74) is 9.10. The molecule has 0 saturated heterocycles. The minimum absolute atomic E-state index is 1.00. The van der Waals surface area contributed by atoms with E-state index in [1.807, 2.05) is 24.5 Å². The normalized spacial score (nSPS) is 11.6. The van der Waals surface area contributed by atoms with Crippen molar-refractivity contribution in [1.29, 1.82) is 0 Å². The third-order valence-corrected chi connectivity index (χ3v) is 8.88. The number of pyridine rings is 2. The highest BCUT2D eigenvalue weighted by atomic mass is 14.6. The van der Waals surface area contributed by atoms with Crippen LogP contribution in [0.25, 0.3) is 87.5 Å². The van der Waals surface area contributed by atoms with Gasteiger partial charge in [-0.05, 0) is 126 Å². The summed E-state index contributed by atoms with van der Waals surface area (Å²) in [6.45, 7) is 0. The highest BCUT2D eigenvalue weighted by molar-refractivity contribution is 6.25. The van der Waals surface area contributed by atoms with E-state index < -0.39 is 0 Å². The molecule has 0 aliphatic carbocycles. The molecule has 2 nitrogen and oxygen atoms in total. The topological polar surface area (TPSA) is 25.8 Å². The molecule has 2 heteroatoms. The molecule has 0 saturated carbocycles. The first kappa shape index (κ1) is 24.7. The summed E-state index contributed by atoms with van der Waals surface area (Å²) in [5.74, 6) is 0. The Morgan fingerprint density at radius 1 is 0.273 bits per heavy atom. The van der Waals surface area contributed by atoms with Crippen molar-refractivity contribution in [3.63, 3.8) is 0 Å². The second-order valence-corrected chi connectivity index (χ2v) is 11.5. The quantitative estimate of drug-likeness (QED) is 0.202. The van der Waals surface area contributed by atoms with Crippen LogP contribution in [0.15, 0.2) is 158 Å². The standard InChI is InChI=1S/C42H26N2/c1-2-11-37-35(9-1)36-10-3-4-12-38(36)40-26-29(13-16-39(37)40)34-24-32(27-14-17-41-30(21-27)7-5-19-43-41)23-33(25-34)28-15-18-42-31(22-28)8-6-20-44-42/h1-26H. The summed E-state index contributed by atoms with van der Waals surface area (Å²) >= 11 is 0. The van der Waals surface area contributed by atoms with Gasteiger partial charge in [0.2, 0.25) is 0 Å². The van der Waals surface area contributed by atoms with Crippen molar-refractivity contribution in [2.45, 2.75) is 0 Å². The third kappa shape index (κ3) is 4.04. The van der Waals surface area contributed by atoms with E-state index in [1.54, 1.807) is 0 Å². The average molecular weight is 559 g/mol. The fraction of sp³-hybridized carbons (Fsp3) is 0. The Morgan fingerprint density at radius 3 is 1.18 bits per heavy atom. The lowest BCUT2D eigenvalue weighted by molar-refractivity contribution is 1.41. The average Bonchev–Trinajstić information content (AvgIpc) is 3.11. The molecule has 0 spiro atoms. The zero-order chi connectivity index (χ0) is 29.0. The van der Waals surface area contributed by atoms with E-state index in [-0.39, 0.29) is 0 Å². The van der Waals surface area contributed by atoms with Gasteiger partial charge in [0.15, 0.2) is 0 Å². The van der Waals surface area contributed by atoms with E-state index in [2.05, 4.69) is 143 Å². The van der Waals surface area contributed by atoms with E-state index in [9.17, 15) is 0 Å². The smallest absolute Gasteiger partial charge is 0.0702 e. The fourth-order valence-electron chi connectivity index (χ4n) is 6.73. The molecule has 0 amide bonds. The number of hydrogen-bond donors (Lipinski definition) is 0. The highest BCUT2D eigenvalue weighted by Gasteiger charge is 2.13. The molecule has 0 radical (unpaired) electrons. The van der Waals surface area contributed by atoms with Crippen LogP contribution in [0.2, 0.25) is 0 Å². The molecule has 0 atom stereocenters. The molecule has 2 aromatic heterocycles. The molecule has 204 valence electrons. The molecule has 0 bridgehead atoms. The number of hydrogen-bond acceptors (Lipinski definition) is 2. The van der Waals surface area contributed by atoms with Gasteiger partial charge in [0.1, 0.15) is 0 Å². The van der Waals surface area contributed by atoms with Gasteiger partial charge in [0.25, 0.3) is 0 Å². The van der Waals surface area contributed by atoms with Crippen LogP contribution in [0.3, 0.4) is 0 Å². The zero-order valence-electron chi connectivity index (χ0n) is 23.9. The lowest BCUT2D eigenvalue weighted by Crippen LogP contribution is -1.89. The van der Waals surface area contributed by atoms with E-state index in [4.69, 9.17) is 0 Å². The minimum Gasteiger partial charge on any atom is -0.256 e. The Labute approximate surface area is 254 Å². The van der Waals surface area contributed by atoms with Crippen LogP contribution in [0.5, 0.6) is 0 Å². The van der Waals surface area contributed by atoms with Gasteiger partial charge in [-0.25, -0.2) is 0 Å². The number of aromatic nitrogens is 2. The summed E-state index contributed by atoms with van der Waals surface area (Å²) in [7, 11) is 0. The molecular weight excluding hydrogens is 532 g/mol. The van der Waals surface area contributed by atoms with Crippen molar-refractivity contribution in [2.75, 3.05) is 0 Å². The molecule has 0 aliphatic rings. The van der Waals surface area contributed by atoms with E-state index in [0.29, 0.717) is 0 Å². The van der Waals surface area contributed by atoms with Crippen LogP contribution in [0.4, 0.5) is 0 Å². The predicted octanol–water partition coefficient (Wildman–Crippen LogP) is 11.2. The van der Waals surface area contributed by atoms with E-state index in [1.165, 1.54) is 65.7 Å². The second kappa shape index (κ2) is 9.86. The Morgan fingerprint density at radius 2 is 0.682 bits per heavy atom. The van der Waals surface area contributed by atoms with Crippen molar-refractivity contribution in [2.24, 2.45) is 0 Å². The molecule has 0 unspecified atom stereocenters. The Balaban J connectivity index is 1.30. The maximum Gasteiger partial charge on any atom is 0.0702 e. The van der Waals surface area contributed by atoms with Gasteiger partial charge in [-0.15, -0.1) is 0 Å². The summed E-state index contributed by atoms with van der Waals surface area (Å²) in [4.78, 5) is 9.09. The van der Waals surface area contributed by atoms with Gasteiger partial charge >= 0.3 is 0 Å². The van der Waals surface area contributed by atoms with Crippen LogP contribution in [-0.4, -0.2) is 9.97 Å². The molecular formula is C42H26N2. The van der Waals surface area contributed by atoms with Crippen molar-refractivity contribution >= 4 is 54.1 Å². The molecule has 0 N–H and O–H groups in total. The summed E-state index contributed by atoms with van der Waals surface area (Å²) in [6.07, 6.45) is 3.70. The molecule has 2 heterocycles. The fourth-order valence-corrected chi connectivity index (χ4v) is 6.73. The predicted molar refractivity (Wildman–Crippen MR) is 186 cm³/mol. The monoisotopic (exact) mass is 558 g/mol. The van der Waals surface area contributed by atoms with Crippen molar-refractivity contribution in [3.05, 3.63) is 158 Å². The number of rotatable bonds is 3. The maximum atomic E-state index is 4.54. The molecule has 7 aromatic carbocycles. The Bertz CT molecular complexity index is 2430. The van der Waals surface area contributed by atoms with Gasteiger partial charge < -0.3 is 0 Å². The Kier molecular flexibility index (Phi) is 5.54. The van der Waals surface area contributed by atoms with Gasteiger partial charge in [0.05, 0.1) is 11.0 Å². The van der Waals surface area contributed by atoms with Crippen LogP contribution in [0, 0.1) is 0 Å². The minimum atomic E-state index is 1.00. The lowest BCUT2D eigenvalue weighted by atomic mass is 9.89. The van der Waals surface area contributed by atoms with Gasteiger partial charge in [-0.1, -0.05) is 84.9 Å². The lowest BCUT2D eigenvalue weighted by Gasteiger charge is -2.14. The van der Waals surface area contributed by atoms with E-state index >= 15 is 0 Å². The van der Waals surface area contributed by atoms with Crippen LogP contribution in [0.1, 0.15) is 0 Å². The van der Waals surface area contributed by atoms with Crippen LogP contribution < -0.4 is 0 Å². The van der Waals surface area contributed by atoms with Gasteiger partial charge in [0, 0.05) is 23.2 Å². The number of nitrogens with zero attached hydrogens (tertiary/aromatic N) is 2. The molecule has 9 aromatic rings. The second-order valence-electron chi connectivity index (χ2n) is 11.5. The highest BCUT2D eigenvalue weighted by Crippen LogP contribution is 2.39. The maximum absolute atomic E-state index is 4.54. The van der Waals surface area contributed by atoms with Crippen molar-refractivity contribution < 1.29 is 0 Å². The van der Waals surface area contributed by atoms with Crippen LogP contribution in [-0.2, 0) is 0 Å². The number of benzene rings is 7. The molecule has 44 heavy (non-hydrogen) atoms. The molecule has 0 fully saturated rings. The van der Waals surface area contributed by atoms with Gasteiger partial charge in [-0.2, -0.15) is 0 Å². The van der Waals surface area contributed by atoms with E-state index in [0.717, 1.165) is 21.8 Å². The summed E-state index contributed by atoms with van der Waals surface area (Å²) in [6, 6.07) is 52.8. The number of fused-ring (bicyclic) bond motifs is 8. The SMILES string of the molecule is c1cnc2ccc(-c3cc(-c4ccc5ncccc5c4)cc(-c4ccc5c6ccccc6c6ccccc6c5c4)c3)cc2c1. The summed E-state index contributed by atoms with van der Waals surface area (Å²) < 4.78 is 0.